The lowest BCUT2D eigenvalue weighted by atomic mass is 10.1. The van der Waals surface area contributed by atoms with E-state index in [1.807, 2.05) is 30.3 Å². The molecule has 0 N–H and O–H groups in total. The molecule has 0 radical (unpaired) electrons. The highest BCUT2D eigenvalue weighted by molar-refractivity contribution is 7.22. The zero-order chi connectivity index (χ0) is 17.9. The van der Waals surface area contributed by atoms with Crippen LogP contribution in [-0.2, 0) is 13.0 Å². The smallest absolute Gasteiger partial charge is 0.186 e. The minimum atomic E-state index is 0.475. The van der Waals surface area contributed by atoms with E-state index in [1.54, 1.807) is 11.3 Å². The second kappa shape index (κ2) is 7.63. The molecule has 1 aromatic heterocycles. The van der Waals surface area contributed by atoms with Gasteiger partial charge in [-0.25, -0.2) is 4.98 Å². The topological polar surface area (TPSA) is 43.2 Å². The first-order valence-electron chi connectivity index (χ1n) is 8.69. The van der Waals surface area contributed by atoms with Crippen molar-refractivity contribution in [2.75, 3.05) is 31.1 Å². The Bertz CT molecular complexity index is 954. The minimum Gasteiger partial charge on any atom is -0.345 e. The quantitative estimate of drug-likeness (QED) is 0.673. The minimum absolute atomic E-state index is 0.475. The number of rotatable bonds is 4. The fourth-order valence-corrected chi connectivity index (χ4v) is 4.60. The zero-order valence-electron chi connectivity index (χ0n) is 14.4. The Labute approximate surface area is 162 Å². The molecule has 2 aromatic carbocycles. The van der Waals surface area contributed by atoms with Crippen LogP contribution in [-0.4, -0.2) is 36.1 Å². The molecule has 0 aliphatic carbocycles. The third-order valence-electron chi connectivity index (χ3n) is 4.66. The molecule has 4 rings (SSSR count). The van der Waals surface area contributed by atoms with Gasteiger partial charge in [0.05, 0.1) is 22.7 Å². The van der Waals surface area contributed by atoms with E-state index in [0.29, 0.717) is 6.42 Å². The van der Waals surface area contributed by atoms with E-state index in [0.717, 1.165) is 58.7 Å². The van der Waals surface area contributed by atoms with Crippen LogP contribution in [0.5, 0.6) is 0 Å². The van der Waals surface area contributed by atoms with Gasteiger partial charge in [0.15, 0.2) is 5.13 Å². The molecule has 2 heterocycles. The summed E-state index contributed by atoms with van der Waals surface area (Å²) < 4.78 is 1.14. The van der Waals surface area contributed by atoms with Crippen molar-refractivity contribution in [1.29, 1.82) is 5.26 Å². The summed E-state index contributed by atoms with van der Waals surface area (Å²) in [4.78, 5) is 9.58. The van der Waals surface area contributed by atoms with Crippen molar-refractivity contribution < 1.29 is 0 Å². The third kappa shape index (κ3) is 3.83. The second-order valence-electron chi connectivity index (χ2n) is 6.53. The Morgan fingerprint density at radius 3 is 2.69 bits per heavy atom. The van der Waals surface area contributed by atoms with Crippen molar-refractivity contribution >= 4 is 38.3 Å². The first-order chi connectivity index (χ1) is 12.7. The summed E-state index contributed by atoms with van der Waals surface area (Å²) >= 11 is 7.79. The molecule has 0 atom stereocenters. The second-order valence-corrected chi connectivity index (χ2v) is 7.97. The Balaban J connectivity index is 1.39. The maximum Gasteiger partial charge on any atom is 0.186 e. The first kappa shape index (κ1) is 17.3. The molecule has 0 amide bonds. The van der Waals surface area contributed by atoms with Crippen LogP contribution in [0.2, 0.25) is 5.02 Å². The molecular formula is C20H19ClN4S. The van der Waals surface area contributed by atoms with E-state index < -0.39 is 0 Å². The van der Waals surface area contributed by atoms with Gasteiger partial charge in [-0.05, 0) is 29.3 Å². The molecule has 3 aromatic rings. The van der Waals surface area contributed by atoms with Crippen LogP contribution in [0.1, 0.15) is 11.1 Å². The molecule has 0 unspecified atom stereocenters. The highest BCUT2D eigenvalue weighted by atomic mass is 35.5. The van der Waals surface area contributed by atoms with Crippen LogP contribution in [0.15, 0.2) is 42.5 Å². The SMILES string of the molecule is N#CCc1cccc(CN2CCN(c3nc4ccc(Cl)cc4s3)CC2)c1. The molecule has 0 bridgehead atoms. The highest BCUT2D eigenvalue weighted by Crippen LogP contribution is 2.31. The summed E-state index contributed by atoms with van der Waals surface area (Å²) in [5, 5.41) is 10.7. The number of halogens is 1. The number of fused-ring (bicyclic) bond motifs is 1. The third-order valence-corrected chi connectivity index (χ3v) is 5.98. The van der Waals surface area contributed by atoms with Crippen LogP contribution >= 0.6 is 22.9 Å². The van der Waals surface area contributed by atoms with E-state index in [1.165, 1.54) is 5.56 Å². The zero-order valence-corrected chi connectivity index (χ0v) is 15.9. The van der Waals surface area contributed by atoms with E-state index in [-0.39, 0.29) is 0 Å². The van der Waals surface area contributed by atoms with Gasteiger partial charge in [-0.15, -0.1) is 0 Å². The van der Waals surface area contributed by atoms with Crippen molar-refractivity contribution in [2.45, 2.75) is 13.0 Å². The van der Waals surface area contributed by atoms with Crippen LogP contribution in [0.4, 0.5) is 5.13 Å². The molecule has 26 heavy (non-hydrogen) atoms. The van der Waals surface area contributed by atoms with Gasteiger partial charge in [-0.3, -0.25) is 4.90 Å². The summed E-state index contributed by atoms with van der Waals surface area (Å²) in [6.45, 7) is 4.91. The fourth-order valence-electron chi connectivity index (χ4n) is 3.31. The van der Waals surface area contributed by atoms with Gasteiger partial charge in [0.25, 0.3) is 0 Å². The molecular weight excluding hydrogens is 364 g/mol. The van der Waals surface area contributed by atoms with Crippen LogP contribution < -0.4 is 4.90 Å². The standard InChI is InChI=1S/C20H19ClN4S/c21-17-4-5-18-19(13-17)26-20(23-18)25-10-8-24(9-11-25)14-16-3-1-2-15(12-16)6-7-22/h1-5,12-13H,6,8-11,14H2. The number of anilines is 1. The van der Waals surface area contributed by atoms with Gasteiger partial charge in [-0.2, -0.15) is 5.26 Å². The van der Waals surface area contributed by atoms with Gasteiger partial charge in [0, 0.05) is 37.7 Å². The predicted octanol–water partition coefficient (Wildman–Crippen LogP) is 4.34. The van der Waals surface area contributed by atoms with Gasteiger partial charge in [0.1, 0.15) is 0 Å². The lowest BCUT2D eigenvalue weighted by molar-refractivity contribution is 0.250. The number of piperazine rings is 1. The highest BCUT2D eigenvalue weighted by Gasteiger charge is 2.20. The van der Waals surface area contributed by atoms with E-state index in [9.17, 15) is 0 Å². The molecule has 1 aliphatic heterocycles. The number of aromatic nitrogens is 1. The van der Waals surface area contributed by atoms with E-state index >= 15 is 0 Å². The first-order valence-corrected chi connectivity index (χ1v) is 9.89. The van der Waals surface area contributed by atoms with Crippen LogP contribution in [0, 0.1) is 11.3 Å². The normalized spacial score (nSPS) is 15.3. The van der Waals surface area contributed by atoms with E-state index in [4.69, 9.17) is 21.8 Å². The predicted molar refractivity (Wildman–Crippen MR) is 108 cm³/mol. The molecule has 1 saturated heterocycles. The Morgan fingerprint density at radius 1 is 1.08 bits per heavy atom. The molecule has 1 aliphatic rings. The summed E-state index contributed by atoms with van der Waals surface area (Å²) in [5.74, 6) is 0. The van der Waals surface area contributed by atoms with Crippen molar-refractivity contribution in [3.05, 3.63) is 58.6 Å². The van der Waals surface area contributed by atoms with Crippen molar-refractivity contribution in [3.63, 3.8) is 0 Å². The molecule has 4 nitrogen and oxygen atoms in total. The summed E-state index contributed by atoms with van der Waals surface area (Å²) in [6.07, 6.45) is 0.475. The number of benzene rings is 2. The Kier molecular flexibility index (Phi) is 5.07. The van der Waals surface area contributed by atoms with Crippen molar-refractivity contribution in [2.24, 2.45) is 0 Å². The molecule has 1 fully saturated rings. The van der Waals surface area contributed by atoms with Crippen molar-refractivity contribution in [3.8, 4) is 6.07 Å². The Hall–Kier alpha value is -2.13. The van der Waals surface area contributed by atoms with E-state index in [2.05, 4.69) is 28.0 Å². The molecule has 6 heteroatoms. The lowest BCUT2D eigenvalue weighted by Gasteiger charge is -2.34. The van der Waals surface area contributed by atoms with Gasteiger partial charge < -0.3 is 4.90 Å². The van der Waals surface area contributed by atoms with Crippen molar-refractivity contribution in [1.82, 2.24) is 9.88 Å². The Morgan fingerprint density at radius 2 is 1.88 bits per heavy atom. The maximum atomic E-state index is 8.86. The van der Waals surface area contributed by atoms with Gasteiger partial charge in [0.2, 0.25) is 0 Å². The number of hydrogen-bond donors (Lipinski definition) is 0. The monoisotopic (exact) mass is 382 g/mol. The number of hydrogen-bond acceptors (Lipinski definition) is 5. The molecule has 0 saturated carbocycles. The average molecular weight is 383 g/mol. The largest absolute Gasteiger partial charge is 0.345 e. The lowest BCUT2D eigenvalue weighted by Crippen LogP contribution is -2.45. The average Bonchev–Trinajstić information content (AvgIpc) is 3.06. The summed E-state index contributed by atoms with van der Waals surface area (Å²) in [6, 6.07) is 16.4. The molecule has 0 spiro atoms. The van der Waals surface area contributed by atoms with Gasteiger partial charge >= 0.3 is 0 Å². The van der Waals surface area contributed by atoms with Crippen LogP contribution in [0.25, 0.3) is 10.2 Å². The number of nitriles is 1. The maximum absolute atomic E-state index is 8.86. The van der Waals surface area contributed by atoms with Gasteiger partial charge in [-0.1, -0.05) is 47.2 Å². The molecule has 132 valence electrons. The summed E-state index contributed by atoms with van der Waals surface area (Å²) in [5.41, 5.74) is 3.39. The summed E-state index contributed by atoms with van der Waals surface area (Å²) in [7, 11) is 0. The van der Waals surface area contributed by atoms with Crippen LogP contribution in [0.3, 0.4) is 0 Å². The number of thiazole rings is 1. The number of nitrogens with zero attached hydrogens (tertiary/aromatic N) is 4. The fraction of sp³-hybridized carbons (Fsp3) is 0.300.